The molecule has 1 atom stereocenters. The van der Waals surface area contributed by atoms with Crippen molar-refractivity contribution in [1.29, 1.82) is 0 Å². The van der Waals surface area contributed by atoms with E-state index in [0.717, 1.165) is 6.42 Å². The summed E-state index contributed by atoms with van der Waals surface area (Å²) in [5, 5.41) is 6.97. The largest absolute Gasteiger partial charge is 0.342 e. The van der Waals surface area contributed by atoms with Gasteiger partial charge in [0.1, 0.15) is 11.6 Å². The molecule has 20 heavy (non-hydrogen) atoms. The van der Waals surface area contributed by atoms with Crippen LogP contribution in [0.3, 0.4) is 0 Å². The Labute approximate surface area is 124 Å². The molecule has 0 aromatic carbocycles. The number of amides is 2. The lowest BCUT2D eigenvalue weighted by atomic mass is 9.91. The van der Waals surface area contributed by atoms with Gasteiger partial charge in [0.05, 0.1) is 0 Å². The lowest BCUT2D eigenvalue weighted by molar-refractivity contribution is -0.156. The lowest BCUT2D eigenvalue weighted by Crippen LogP contribution is -2.69. The molecule has 1 unspecified atom stereocenters. The van der Waals surface area contributed by atoms with Gasteiger partial charge in [-0.1, -0.05) is 13.8 Å². The standard InChI is InChI=1S/C15H22N2O2S/c1-10(2)12-13(18)17(15(3,4)14(19)16-12)7-5-11-6-8-20-9-11/h6,8-10,12H,5,7H2,1-4H3,(H,16,19). The minimum atomic E-state index is -0.779. The van der Waals surface area contributed by atoms with Crippen LogP contribution in [0.4, 0.5) is 0 Å². The molecule has 1 aromatic rings. The zero-order chi connectivity index (χ0) is 14.9. The monoisotopic (exact) mass is 294 g/mol. The summed E-state index contributed by atoms with van der Waals surface area (Å²) in [4.78, 5) is 26.6. The first kappa shape index (κ1) is 15.0. The topological polar surface area (TPSA) is 49.4 Å². The van der Waals surface area contributed by atoms with E-state index in [2.05, 4.69) is 16.8 Å². The van der Waals surface area contributed by atoms with Crippen LogP contribution >= 0.6 is 11.3 Å². The molecule has 0 bridgehead atoms. The third-order valence-electron chi connectivity index (χ3n) is 3.92. The van der Waals surface area contributed by atoms with Crippen LogP contribution in [0.1, 0.15) is 33.3 Å². The summed E-state index contributed by atoms with van der Waals surface area (Å²) in [6, 6.07) is 1.66. The quantitative estimate of drug-likeness (QED) is 0.924. The summed E-state index contributed by atoms with van der Waals surface area (Å²) >= 11 is 1.65. The molecule has 1 N–H and O–H groups in total. The highest BCUT2D eigenvalue weighted by molar-refractivity contribution is 7.07. The van der Waals surface area contributed by atoms with E-state index < -0.39 is 11.6 Å². The van der Waals surface area contributed by atoms with Crippen molar-refractivity contribution in [3.63, 3.8) is 0 Å². The summed E-state index contributed by atoms with van der Waals surface area (Å²) in [6.07, 6.45) is 0.788. The molecule has 2 amide bonds. The second kappa shape index (κ2) is 5.56. The second-order valence-electron chi connectivity index (χ2n) is 6.13. The molecule has 2 rings (SSSR count). The minimum absolute atomic E-state index is 0.0276. The first-order chi connectivity index (χ1) is 9.34. The fourth-order valence-electron chi connectivity index (χ4n) is 2.46. The van der Waals surface area contributed by atoms with Crippen LogP contribution in [0.25, 0.3) is 0 Å². The first-order valence-electron chi connectivity index (χ1n) is 6.97. The Hall–Kier alpha value is -1.36. The van der Waals surface area contributed by atoms with Crippen molar-refractivity contribution >= 4 is 23.2 Å². The normalized spacial score (nSPS) is 22.2. The Kier molecular flexibility index (Phi) is 4.18. The highest BCUT2D eigenvalue weighted by Gasteiger charge is 2.46. The Bertz CT molecular complexity index is 494. The predicted molar refractivity (Wildman–Crippen MR) is 80.6 cm³/mol. The molecule has 2 heterocycles. The average Bonchev–Trinajstić information content (AvgIpc) is 2.86. The van der Waals surface area contributed by atoms with Crippen LogP contribution in [0.15, 0.2) is 16.8 Å². The zero-order valence-corrected chi connectivity index (χ0v) is 13.3. The van der Waals surface area contributed by atoms with Gasteiger partial charge in [0, 0.05) is 6.54 Å². The van der Waals surface area contributed by atoms with E-state index in [1.807, 2.05) is 33.1 Å². The fourth-order valence-corrected chi connectivity index (χ4v) is 3.17. The fraction of sp³-hybridized carbons (Fsp3) is 0.600. The van der Waals surface area contributed by atoms with E-state index in [1.165, 1.54) is 5.56 Å². The molecule has 0 aliphatic carbocycles. The smallest absolute Gasteiger partial charge is 0.246 e. The molecule has 110 valence electrons. The summed E-state index contributed by atoms with van der Waals surface area (Å²) in [7, 11) is 0. The predicted octanol–water partition coefficient (Wildman–Crippen LogP) is 2.05. The van der Waals surface area contributed by atoms with Crippen LogP contribution in [-0.2, 0) is 16.0 Å². The van der Waals surface area contributed by atoms with Crippen LogP contribution in [-0.4, -0.2) is 34.8 Å². The molecule has 4 nitrogen and oxygen atoms in total. The Morgan fingerprint density at radius 3 is 2.65 bits per heavy atom. The maximum absolute atomic E-state index is 12.6. The molecular formula is C15H22N2O2S. The van der Waals surface area contributed by atoms with Crippen molar-refractivity contribution in [3.05, 3.63) is 22.4 Å². The van der Waals surface area contributed by atoms with Gasteiger partial charge in [-0.05, 0) is 48.6 Å². The number of nitrogens with zero attached hydrogens (tertiary/aromatic N) is 1. The summed E-state index contributed by atoms with van der Waals surface area (Å²) < 4.78 is 0. The number of carbonyl (C=O) groups is 2. The molecule has 1 aliphatic heterocycles. The summed E-state index contributed by atoms with van der Waals surface area (Å²) in [6.45, 7) is 8.12. The molecule has 0 saturated carbocycles. The van der Waals surface area contributed by atoms with Gasteiger partial charge in [0.15, 0.2) is 0 Å². The van der Waals surface area contributed by atoms with Crippen LogP contribution in [0.5, 0.6) is 0 Å². The molecule has 1 aliphatic rings. The molecule has 1 aromatic heterocycles. The van der Waals surface area contributed by atoms with Gasteiger partial charge in [0.25, 0.3) is 0 Å². The number of piperazine rings is 1. The third-order valence-corrected chi connectivity index (χ3v) is 4.65. The van der Waals surface area contributed by atoms with E-state index in [-0.39, 0.29) is 17.7 Å². The highest BCUT2D eigenvalue weighted by Crippen LogP contribution is 2.24. The molecule has 0 spiro atoms. The molecule has 5 heteroatoms. The third kappa shape index (κ3) is 2.73. The van der Waals surface area contributed by atoms with E-state index in [0.29, 0.717) is 6.54 Å². The number of carbonyl (C=O) groups excluding carboxylic acids is 2. The van der Waals surface area contributed by atoms with Crippen molar-refractivity contribution < 1.29 is 9.59 Å². The van der Waals surface area contributed by atoms with Gasteiger partial charge >= 0.3 is 0 Å². The first-order valence-corrected chi connectivity index (χ1v) is 7.92. The van der Waals surface area contributed by atoms with Gasteiger partial charge in [-0.3, -0.25) is 9.59 Å². The van der Waals surface area contributed by atoms with E-state index in [1.54, 1.807) is 16.2 Å². The number of nitrogens with one attached hydrogen (secondary N) is 1. The maximum atomic E-state index is 12.6. The number of rotatable bonds is 4. The van der Waals surface area contributed by atoms with E-state index >= 15 is 0 Å². The van der Waals surface area contributed by atoms with Gasteiger partial charge in [-0.2, -0.15) is 11.3 Å². The SMILES string of the molecule is CC(C)C1NC(=O)C(C)(C)N(CCc2ccsc2)C1=O. The van der Waals surface area contributed by atoms with Gasteiger partial charge < -0.3 is 10.2 Å². The van der Waals surface area contributed by atoms with E-state index in [4.69, 9.17) is 0 Å². The second-order valence-corrected chi connectivity index (χ2v) is 6.91. The minimum Gasteiger partial charge on any atom is -0.342 e. The molecule has 1 fully saturated rings. The summed E-state index contributed by atoms with van der Waals surface area (Å²) in [5.74, 6) is 0.0622. The number of hydrogen-bond donors (Lipinski definition) is 1. The van der Waals surface area contributed by atoms with Crippen molar-refractivity contribution in [1.82, 2.24) is 10.2 Å². The van der Waals surface area contributed by atoms with Crippen LogP contribution in [0.2, 0.25) is 0 Å². The number of hydrogen-bond acceptors (Lipinski definition) is 3. The Morgan fingerprint density at radius 1 is 1.40 bits per heavy atom. The van der Waals surface area contributed by atoms with Crippen molar-refractivity contribution in [2.24, 2.45) is 5.92 Å². The number of thiophene rings is 1. The molecule has 0 radical (unpaired) electrons. The van der Waals surface area contributed by atoms with Crippen LogP contribution < -0.4 is 5.32 Å². The average molecular weight is 294 g/mol. The molecule has 1 saturated heterocycles. The zero-order valence-electron chi connectivity index (χ0n) is 12.5. The lowest BCUT2D eigenvalue weighted by Gasteiger charge is -2.45. The van der Waals surface area contributed by atoms with Crippen LogP contribution in [0, 0.1) is 5.92 Å². The molecular weight excluding hydrogens is 272 g/mol. The highest BCUT2D eigenvalue weighted by atomic mass is 32.1. The maximum Gasteiger partial charge on any atom is 0.246 e. The Morgan fingerprint density at radius 2 is 2.10 bits per heavy atom. The van der Waals surface area contributed by atoms with Gasteiger partial charge in [-0.15, -0.1) is 0 Å². The van der Waals surface area contributed by atoms with Gasteiger partial charge in [-0.25, -0.2) is 0 Å². The van der Waals surface area contributed by atoms with Gasteiger partial charge in [0.2, 0.25) is 11.8 Å². The van der Waals surface area contributed by atoms with Crippen molar-refractivity contribution in [3.8, 4) is 0 Å². The Balaban J connectivity index is 2.16. The van der Waals surface area contributed by atoms with Crippen molar-refractivity contribution in [2.75, 3.05) is 6.54 Å². The van der Waals surface area contributed by atoms with Crippen molar-refractivity contribution in [2.45, 2.75) is 45.7 Å². The van der Waals surface area contributed by atoms with E-state index in [9.17, 15) is 9.59 Å². The summed E-state index contributed by atoms with van der Waals surface area (Å²) in [5.41, 5.74) is 0.434.